The summed E-state index contributed by atoms with van der Waals surface area (Å²) < 4.78 is 0. The zero-order valence-electron chi connectivity index (χ0n) is 13.5. The Morgan fingerprint density at radius 3 is 2.38 bits per heavy atom. The molecular weight excluding hydrogens is 254 g/mol. The van der Waals surface area contributed by atoms with E-state index in [9.17, 15) is 0 Å². The van der Waals surface area contributed by atoms with E-state index in [1.54, 1.807) is 5.56 Å². The number of hydrogen-bond acceptors (Lipinski definition) is 1. The molecule has 2 unspecified atom stereocenters. The lowest BCUT2D eigenvalue weighted by Crippen LogP contribution is -2.53. The van der Waals surface area contributed by atoms with Crippen LogP contribution in [0, 0.1) is 23.2 Å². The van der Waals surface area contributed by atoms with Gasteiger partial charge in [-0.1, -0.05) is 30.3 Å². The summed E-state index contributed by atoms with van der Waals surface area (Å²) >= 11 is 0. The second kappa shape index (κ2) is 5.12. The maximum atomic E-state index is 3.51. The molecular formula is C20H29N. The van der Waals surface area contributed by atoms with Gasteiger partial charge in [-0.15, -0.1) is 0 Å². The van der Waals surface area contributed by atoms with E-state index in [1.807, 2.05) is 0 Å². The fraction of sp³-hybridized carbons (Fsp3) is 0.700. The van der Waals surface area contributed by atoms with Crippen molar-refractivity contribution in [3.63, 3.8) is 0 Å². The summed E-state index contributed by atoms with van der Waals surface area (Å²) in [4.78, 5) is 0. The largest absolute Gasteiger partial charge is 0.317 e. The first-order valence-electron chi connectivity index (χ1n) is 8.92. The van der Waals surface area contributed by atoms with Crippen LogP contribution < -0.4 is 5.32 Å². The van der Waals surface area contributed by atoms with Crippen molar-refractivity contribution < 1.29 is 0 Å². The standard InChI is InChI=1S/C20H29N/c1-14(21-2)11-20-12-15-8-16(13-20)10-18(9-15)19(20)17-6-4-3-5-7-17/h3-7,14-16,18-19,21H,8-13H2,1-2H3/t14-,15-,16+,18?,19-,20?/m0/s1. The van der Waals surface area contributed by atoms with Crippen molar-refractivity contribution in [3.8, 4) is 0 Å². The summed E-state index contributed by atoms with van der Waals surface area (Å²) in [5.41, 5.74) is 2.21. The van der Waals surface area contributed by atoms with Gasteiger partial charge < -0.3 is 5.32 Å². The molecule has 21 heavy (non-hydrogen) atoms. The van der Waals surface area contributed by atoms with Gasteiger partial charge in [-0.25, -0.2) is 0 Å². The number of benzene rings is 1. The van der Waals surface area contributed by atoms with E-state index in [4.69, 9.17) is 0 Å². The van der Waals surface area contributed by atoms with Crippen LogP contribution in [-0.2, 0) is 0 Å². The molecule has 5 rings (SSSR count). The first kappa shape index (κ1) is 13.8. The zero-order chi connectivity index (χ0) is 14.4. The molecule has 4 fully saturated rings. The van der Waals surface area contributed by atoms with E-state index in [1.165, 1.54) is 38.5 Å². The average molecular weight is 283 g/mol. The highest BCUT2D eigenvalue weighted by Crippen LogP contribution is 2.67. The Morgan fingerprint density at radius 1 is 1.10 bits per heavy atom. The van der Waals surface area contributed by atoms with Crippen LogP contribution in [0.5, 0.6) is 0 Å². The van der Waals surface area contributed by atoms with Gasteiger partial charge in [0.1, 0.15) is 0 Å². The third-order valence-corrected chi connectivity index (χ3v) is 6.82. The van der Waals surface area contributed by atoms with Crippen LogP contribution in [-0.4, -0.2) is 13.1 Å². The predicted octanol–water partition coefficient (Wildman–Crippen LogP) is 4.59. The average Bonchev–Trinajstić information content (AvgIpc) is 2.46. The SMILES string of the molecule is CN[C@@H](C)CC12C[C@@H]3CC(C[C@@H](C3)C1)[C@@H]2c1ccccc1. The summed E-state index contributed by atoms with van der Waals surface area (Å²) in [5, 5.41) is 3.51. The number of rotatable bonds is 4. The highest BCUT2D eigenvalue weighted by atomic mass is 14.9. The Balaban J connectivity index is 1.72. The molecule has 0 aromatic heterocycles. The molecule has 0 spiro atoms. The zero-order valence-corrected chi connectivity index (χ0v) is 13.5. The Morgan fingerprint density at radius 2 is 1.76 bits per heavy atom. The molecule has 1 nitrogen and oxygen atoms in total. The lowest BCUT2D eigenvalue weighted by atomic mass is 9.43. The van der Waals surface area contributed by atoms with Crippen LogP contribution in [0.15, 0.2) is 30.3 Å². The van der Waals surface area contributed by atoms with E-state index in [0.29, 0.717) is 11.5 Å². The van der Waals surface area contributed by atoms with Crippen LogP contribution >= 0.6 is 0 Å². The second-order valence-corrected chi connectivity index (χ2v) is 8.25. The lowest BCUT2D eigenvalue weighted by molar-refractivity contribution is -0.0835. The number of hydrogen-bond donors (Lipinski definition) is 1. The maximum absolute atomic E-state index is 3.51. The van der Waals surface area contributed by atoms with Crippen molar-refractivity contribution in [2.75, 3.05) is 7.05 Å². The molecule has 6 atom stereocenters. The van der Waals surface area contributed by atoms with Crippen molar-refractivity contribution in [3.05, 3.63) is 35.9 Å². The van der Waals surface area contributed by atoms with Gasteiger partial charge >= 0.3 is 0 Å². The molecule has 4 saturated carbocycles. The fourth-order valence-electron chi connectivity index (χ4n) is 6.50. The van der Waals surface area contributed by atoms with E-state index < -0.39 is 0 Å². The monoisotopic (exact) mass is 283 g/mol. The first-order chi connectivity index (χ1) is 10.2. The summed E-state index contributed by atoms with van der Waals surface area (Å²) in [5.74, 6) is 3.85. The van der Waals surface area contributed by atoms with E-state index >= 15 is 0 Å². The number of nitrogens with one attached hydrogen (secondary N) is 1. The predicted molar refractivity (Wildman–Crippen MR) is 88.3 cm³/mol. The topological polar surface area (TPSA) is 12.0 Å². The summed E-state index contributed by atoms with van der Waals surface area (Å²) in [7, 11) is 2.13. The van der Waals surface area contributed by atoms with Gasteiger partial charge in [0.2, 0.25) is 0 Å². The molecule has 0 saturated heterocycles. The Kier molecular flexibility index (Phi) is 3.37. The van der Waals surface area contributed by atoms with Gasteiger partial charge in [0, 0.05) is 6.04 Å². The molecule has 114 valence electrons. The van der Waals surface area contributed by atoms with Crippen LogP contribution in [0.25, 0.3) is 0 Å². The van der Waals surface area contributed by atoms with Gasteiger partial charge in [-0.2, -0.15) is 0 Å². The minimum Gasteiger partial charge on any atom is -0.317 e. The normalized spacial score (nSPS) is 42.2. The summed E-state index contributed by atoms with van der Waals surface area (Å²) in [6.45, 7) is 2.38. The van der Waals surface area contributed by atoms with E-state index in [-0.39, 0.29) is 0 Å². The third kappa shape index (κ3) is 2.25. The molecule has 4 bridgehead atoms. The molecule has 4 aliphatic carbocycles. The highest BCUT2D eigenvalue weighted by Gasteiger charge is 2.57. The third-order valence-electron chi connectivity index (χ3n) is 6.82. The summed E-state index contributed by atoms with van der Waals surface area (Å²) in [6, 6.07) is 12.1. The van der Waals surface area contributed by atoms with Gasteiger partial charge in [0.25, 0.3) is 0 Å². The van der Waals surface area contributed by atoms with Crippen molar-refractivity contribution in [1.29, 1.82) is 0 Å². The second-order valence-electron chi connectivity index (χ2n) is 8.25. The molecule has 0 radical (unpaired) electrons. The van der Waals surface area contributed by atoms with Crippen LogP contribution in [0.4, 0.5) is 0 Å². The summed E-state index contributed by atoms with van der Waals surface area (Å²) in [6.07, 6.45) is 8.90. The van der Waals surface area contributed by atoms with Crippen molar-refractivity contribution >= 4 is 0 Å². The van der Waals surface area contributed by atoms with Gasteiger partial charge in [0.15, 0.2) is 0 Å². The first-order valence-corrected chi connectivity index (χ1v) is 8.92. The Labute approximate surface area is 129 Å². The fourth-order valence-corrected chi connectivity index (χ4v) is 6.50. The Hall–Kier alpha value is -0.820. The van der Waals surface area contributed by atoms with Gasteiger partial charge in [-0.3, -0.25) is 0 Å². The molecule has 1 heteroatoms. The van der Waals surface area contributed by atoms with Crippen LogP contribution in [0.3, 0.4) is 0 Å². The maximum Gasteiger partial charge on any atom is 0.00412 e. The molecule has 0 amide bonds. The molecule has 1 aromatic carbocycles. The van der Waals surface area contributed by atoms with Crippen molar-refractivity contribution in [1.82, 2.24) is 5.32 Å². The molecule has 4 aliphatic rings. The van der Waals surface area contributed by atoms with Crippen molar-refractivity contribution in [2.45, 2.75) is 57.4 Å². The van der Waals surface area contributed by atoms with Crippen LogP contribution in [0.2, 0.25) is 0 Å². The molecule has 1 aromatic rings. The highest BCUT2D eigenvalue weighted by molar-refractivity contribution is 5.27. The van der Waals surface area contributed by atoms with Gasteiger partial charge in [-0.05, 0) is 87.1 Å². The minimum atomic E-state index is 0.582. The van der Waals surface area contributed by atoms with Crippen molar-refractivity contribution in [2.24, 2.45) is 23.2 Å². The lowest BCUT2D eigenvalue weighted by Gasteiger charge is -2.62. The molecule has 0 heterocycles. The molecule has 0 aliphatic heterocycles. The molecule has 1 N–H and O–H groups in total. The van der Waals surface area contributed by atoms with E-state index in [0.717, 1.165) is 23.7 Å². The van der Waals surface area contributed by atoms with E-state index in [2.05, 4.69) is 49.6 Å². The van der Waals surface area contributed by atoms with Crippen LogP contribution in [0.1, 0.15) is 56.9 Å². The Bertz CT molecular complexity index is 480. The smallest absolute Gasteiger partial charge is 0.00412 e. The minimum absolute atomic E-state index is 0.582. The van der Waals surface area contributed by atoms with Gasteiger partial charge in [0.05, 0.1) is 0 Å². The quantitative estimate of drug-likeness (QED) is 0.852.